The van der Waals surface area contributed by atoms with Crippen LogP contribution in [-0.4, -0.2) is 74.7 Å². The van der Waals surface area contributed by atoms with E-state index in [0.29, 0.717) is 17.9 Å². The molecule has 1 amide bonds. The third kappa shape index (κ3) is 9.55. The molecule has 1 heterocycles. The van der Waals surface area contributed by atoms with Crippen LogP contribution in [0.25, 0.3) is 0 Å². The summed E-state index contributed by atoms with van der Waals surface area (Å²) in [6, 6.07) is 6.43. The summed E-state index contributed by atoms with van der Waals surface area (Å²) in [6.45, 7) is -0.537. The monoisotopic (exact) mass is 483 g/mol. The molecule has 192 valence electrons. The molecule has 0 aromatic heterocycles. The number of aliphatic carboxylic acids is 1. The van der Waals surface area contributed by atoms with Gasteiger partial charge in [0.15, 0.2) is 0 Å². The van der Waals surface area contributed by atoms with Gasteiger partial charge in [0.25, 0.3) is 0 Å². The molecular weight excluding hydrogens is 446 g/mol. The van der Waals surface area contributed by atoms with Crippen molar-refractivity contribution in [3.8, 4) is 5.75 Å². The third-order valence-electron chi connectivity index (χ3n) is 5.78. The predicted molar refractivity (Wildman–Crippen MR) is 123 cm³/mol. The number of benzene rings is 1. The lowest BCUT2D eigenvalue weighted by molar-refractivity contribution is -0.277. The lowest BCUT2D eigenvalue weighted by Gasteiger charge is -2.39. The van der Waals surface area contributed by atoms with Crippen LogP contribution >= 0.6 is 0 Å². The first-order valence-electron chi connectivity index (χ1n) is 11.9. The van der Waals surface area contributed by atoms with Gasteiger partial charge in [0.05, 0.1) is 6.61 Å². The van der Waals surface area contributed by atoms with E-state index in [2.05, 4.69) is 5.32 Å². The van der Waals surface area contributed by atoms with Crippen molar-refractivity contribution in [2.75, 3.05) is 11.9 Å². The van der Waals surface area contributed by atoms with Crippen molar-refractivity contribution in [3.63, 3.8) is 0 Å². The Morgan fingerprint density at radius 3 is 1.94 bits per heavy atom. The van der Waals surface area contributed by atoms with Crippen molar-refractivity contribution in [2.45, 2.75) is 94.9 Å². The second kappa shape index (κ2) is 14.9. The number of aliphatic hydroxyl groups excluding tert-OH is 4. The minimum Gasteiger partial charge on any atom is -0.481 e. The van der Waals surface area contributed by atoms with Crippen LogP contribution in [0, 0.1) is 0 Å². The summed E-state index contributed by atoms with van der Waals surface area (Å²) >= 11 is 0. The van der Waals surface area contributed by atoms with Gasteiger partial charge in [0.1, 0.15) is 30.2 Å². The van der Waals surface area contributed by atoms with Crippen LogP contribution in [0.15, 0.2) is 24.3 Å². The molecule has 6 N–H and O–H groups in total. The van der Waals surface area contributed by atoms with Gasteiger partial charge >= 0.3 is 5.97 Å². The molecule has 1 aliphatic heterocycles. The Bertz CT molecular complexity index is 740. The lowest BCUT2D eigenvalue weighted by Crippen LogP contribution is -2.60. The van der Waals surface area contributed by atoms with Crippen LogP contribution in [0.4, 0.5) is 5.69 Å². The second-order valence-electron chi connectivity index (χ2n) is 8.61. The van der Waals surface area contributed by atoms with Gasteiger partial charge in [-0.15, -0.1) is 0 Å². The van der Waals surface area contributed by atoms with Crippen molar-refractivity contribution in [1.29, 1.82) is 0 Å². The van der Waals surface area contributed by atoms with E-state index in [1.165, 1.54) is 0 Å². The quantitative estimate of drug-likeness (QED) is 0.204. The lowest BCUT2D eigenvalue weighted by atomic mass is 9.99. The number of ether oxygens (including phenoxy) is 2. The van der Waals surface area contributed by atoms with Crippen LogP contribution in [-0.2, 0) is 14.3 Å². The second-order valence-corrected chi connectivity index (χ2v) is 8.61. The summed E-state index contributed by atoms with van der Waals surface area (Å²) in [7, 11) is 0. The zero-order valence-electron chi connectivity index (χ0n) is 19.3. The maximum absolute atomic E-state index is 12.1. The molecule has 2 rings (SSSR count). The van der Waals surface area contributed by atoms with Crippen LogP contribution in [0.3, 0.4) is 0 Å². The number of carboxylic acids is 1. The Kier molecular flexibility index (Phi) is 12.3. The maximum Gasteiger partial charge on any atom is 0.303 e. The molecule has 0 aliphatic carbocycles. The molecule has 0 unspecified atom stereocenters. The largest absolute Gasteiger partial charge is 0.481 e. The molecule has 1 fully saturated rings. The van der Waals surface area contributed by atoms with Gasteiger partial charge in [-0.3, -0.25) is 9.59 Å². The van der Waals surface area contributed by atoms with Crippen LogP contribution in [0.2, 0.25) is 0 Å². The van der Waals surface area contributed by atoms with E-state index in [4.69, 9.17) is 14.6 Å². The number of anilines is 1. The van der Waals surface area contributed by atoms with E-state index in [0.717, 1.165) is 51.4 Å². The zero-order valence-corrected chi connectivity index (χ0v) is 19.3. The highest BCUT2D eigenvalue weighted by Gasteiger charge is 2.44. The molecule has 1 aliphatic rings. The van der Waals surface area contributed by atoms with Gasteiger partial charge in [-0.2, -0.15) is 0 Å². The number of carboxylic acid groups (broad SMARTS) is 1. The number of rotatable bonds is 15. The Hall–Kier alpha value is -2.24. The first-order valence-corrected chi connectivity index (χ1v) is 11.9. The average Bonchev–Trinajstić information content (AvgIpc) is 2.81. The van der Waals surface area contributed by atoms with Crippen LogP contribution in [0.1, 0.15) is 64.2 Å². The molecule has 1 aromatic rings. The van der Waals surface area contributed by atoms with Gasteiger partial charge in [-0.05, 0) is 37.1 Å². The molecule has 5 atom stereocenters. The van der Waals surface area contributed by atoms with E-state index in [1.807, 2.05) is 0 Å². The molecule has 0 radical (unpaired) electrons. The van der Waals surface area contributed by atoms with Crippen molar-refractivity contribution in [2.24, 2.45) is 0 Å². The number of carbonyl (C=O) groups is 2. The number of hydrogen-bond acceptors (Lipinski definition) is 8. The van der Waals surface area contributed by atoms with E-state index in [1.54, 1.807) is 24.3 Å². The highest BCUT2D eigenvalue weighted by atomic mass is 16.7. The number of amides is 1. The van der Waals surface area contributed by atoms with Gasteiger partial charge in [0.2, 0.25) is 12.2 Å². The number of aliphatic hydroxyl groups is 4. The van der Waals surface area contributed by atoms with Gasteiger partial charge in [0, 0.05) is 18.5 Å². The average molecular weight is 484 g/mol. The minimum atomic E-state index is -1.52. The minimum absolute atomic E-state index is 0.0868. The van der Waals surface area contributed by atoms with Gasteiger partial charge < -0.3 is 40.3 Å². The number of unbranched alkanes of at least 4 members (excludes halogenated alkanes) is 7. The summed E-state index contributed by atoms with van der Waals surface area (Å²) in [5.41, 5.74) is 0.590. The molecule has 10 nitrogen and oxygen atoms in total. The van der Waals surface area contributed by atoms with Crippen molar-refractivity contribution in [3.05, 3.63) is 24.3 Å². The number of hydrogen-bond donors (Lipinski definition) is 6. The summed E-state index contributed by atoms with van der Waals surface area (Å²) in [6.07, 6.45) is 1.60. The summed E-state index contributed by atoms with van der Waals surface area (Å²) in [5.74, 6) is -0.503. The molecule has 0 bridgehead atoms. The zero-order chi connectivity index (χ0) is 24.9. The van der Waals surface area contributed by atoms with E-state index >= 15 is 0 Å². The standard InChI is InChI=1S/C24H37NO9/c26-15-18-21(30)22(31)23(32)24(34-18)33-17-13-11-16(12-14-17)25-19(27)9-7-5-3-1-2-4-6-8-10-20(28)29/h11-14,18,21-24,26,30-32H,1-10,15H2,(H,25,27)(H,28,29)/t18-,21-,22+,23-,24-/m1/s1. The van der Waals surface area contributed by atoms with E-state index in [-0.39, 0.29) is 12.3 Å². The normalized spacial score (nSPS) is 24.5. The number of nitrogens with one attached hydrogen (secondary N) is 1. The molecule has 1 saturated heterocycles. The Morgan fingerprint density at radius 1 is 0.824 bits per heavy atom. The van der Waals surface area contributed by atoms with Crippen molar-refractivity contribution in [1.82, 2.24) is 0 Å². The summed E-state index contributed by atoms with van der Waals surface area (Å²) in [4.78, 5) is 22.6. The van der Waals surface area contributed by atoms with Crippen molar-refractivity contribution < 1.29 is 44.6 Å². The Morgan fingerprint density at radius 2 is 1.38 bits per heavy atom. The smallest absolute Gasteiger partial charge is 0.303 e. The molecule has 34 heavy (non-hydrogen) atoms. The van der Waals surface area contributed by atoms with E-state index < -0.39 is 43.3 Å². The molecule has 10 heteroatoms. The first-order chi connectivity index (χ1) is 16.3. The SMILES string of the molecule is O=C(O)CCCCCCCCCCC(=O)Nc1ccc(O[C@@H]2O[C@H](CO)[C@@H](O)[C@H](O)[C@H]2O)cc1. The predicted octanol–water partition coefficient (Wildman–Crippen LogP) is 1.79. The fraction of sp³-hybridized carbons (Fsp3) is 0.667. The molecular formula is C24H37NO9. The van der Waals surface area contributed by atoms with Gasteiger partial charge in [-0.25, -0.2) is 0 Å². The first kappa shape index (κ1) is 28.0. The Labute approximate surface area is 199 Å². The van der Waals surface area contributed by atoms with Crippen LogP contribution < -0.4 is 10.1 Å². The van der Waals surface area contributed by atoms with Crippen molar-refractivity contribution >= 4 is 17.6 Å². The summed E-state index contributed by atoms with van der Waals surface area (Å²) < 4.78 is 10.8. The molecule has 0 saturated carbocycles. The van der Waals surface area contributed by atoms with Crippen LogP contribution in [0.5, 0.6) is 5.75 Å². The fourth-order valence-corrected chi connectivity index (χ4v) is 3.76. The van der Waals surface area contributed by atoms with E-state index in [9.17, 15) is 30.0 Å². The molecule has 1 aromatic carbocycles. The Balaban J connectivity index is 1.62. The number of carbonyl (C=O) groups excluding carboxylic acids is 1. The third-order valence-corrected chi connectivity index (χ3v) is 5.78. The molecule has 0 spiro atoms. The highest BCUT2D eigenvalue weighted by Crippen LogP contribution is 2.25. The van der Waals surface area contributed by atoms with Gasteiger partial charge in [-0.1, -0.05) is 38.5 Å². The fourth-order valence-electron chi connectivity index (χ4n) is 3.76. The highest BCUT2D eigenvalue weighted by molar-refractivity contribution is 5.90. The summed E-state index contributed by atoms with van der Waals surface area (Å²) in [5, 5.41) is 50.3. The maximum atomic E-state index is 12.1. The topological polar surface area (TPSA) is 166 Å².